The van der Waals surface area contributed by atoms with Gasteiger partial charge in [0.25, 0.3) is 5.91 Å². The van der Waals surface area contributed by atoms with Crippen LogP contribution >= 0.6 is 11.6 Å². The fraction of sp³-hybridized carbons (Fsp3) is 0.188. The number of aryl methyl sites for hydroxylation is 1. The summed E-state index contributed by atoms with van der Waals surface area (Å²) in [6.07, 6.45) is 1.27. The first-order valence-corrected chi connectivity index (χ1v) is 8.91. The molecule has 1 amide bonds. The van der Waals surface area contributed by atoms with Gasteiger partial charge in [-0.2, -0.15) is 0 Å². The number of nitrogens with one attached hydrogen (secondary N) is 1. The maximum Gasteiger partial charge on any atom is 0.255 e. The molecule has 1 aliphatic rings. The standard InChI is InChI=1S/C16H14ClNO3S/c17-13-4-1-5-14(10-13)18-16(19)12-6-7-15-11(9-12)3-2-8-22(15,20)21/h1,4-7,9-10H,2-3,8H2,(H,18,19). The summed E-state index contributed by atoms with van der Waals surface area (Å²) in [5.41, 5.74) is 1.75. The third-order valence-electron chi connectivity index (χ3n) is 3.60. The average molecular weight is 336 g/mol. The molecule has 0 bridgehead atoms. The molecule has 22 heavy (non-hydrogen) atoms. The number of amides is 1. The Labute approximate surface area is 134 Å². The molecule has 0 unspecified atom stereocenters. The summed E-state index contributed by atoms with van der Waals surface area (Å²) in [6.45, 7) is 0. The van der Waals surface area contributed by atoms with E-state index in [-0.39, 0.29) is 11.7 Å². The molecule has 2 aromatic carbocycles. The van der Waals surface area contributed by atoms with Crippen molar-refractivity contribution in [1.29, 1.82) is 0 Å². The summed E-state index contributed by atoms with van der Waals surface area (Å²) >= 11 is 5.88. The van der Waals surface area contributed by atoms with E-state index in [9.17, 15) is 13.2 Å². The Kier molecular flexibility index (Phi) is 3.93. The molecular weight excluding hydrogens is 322 g/mol. The summed E-state index contributed by atoms with van der Waals surface area (Å²) in [5, 5.41) is 3.29. The quantitative estimate of drug-likeness (QED) is 0.915. The molecule has 114 valence electrons. The Bertz CT molecular complexity index is 846. The second-order valence-corrected chi connectivity index (χ2v) is 7.72. The monoisotopic (exact) mass is 335 g/mol. The predicted octanol–water partition coefficient (Wildman–Crippen LogP) is 3.31. The van der Waals surface area contributed by atoms with Crippen molar-refractivity contribution >= 4 is 33.0 Å². The SMILES string of the molecule is O=C(Nc1cccc(Cl)c1)c1ccc2c(c1)CCCS2(=O)=O. The van der Waals surface area contributed by atoms with Gasteiger partial charge in [0.15, 0.2) is 9.84 Å². The van der Waals surface area contributed by atoms with Crippen LogP contribution in [0.2, 0.25) is 5.02 Å². The number of fused-ring (bicyclic) bond motifs is 1. The van der Waals surface area contributed by atoms with Crippen molar-refractivity contribution in [3.8, 4) is 0 Å². The van der Waals surface area contributed by atoms with Crippen LogP contribution in [-0.4, -0.2) is 20.1 Å². The lowest BCUT2D eigenvalue weighted by Gasteiger charge is -2.17. The van der Waals surface area contributed by atoms with E-state index in [2.05, 4.69) is 5.32 Å². The summed E-state index contributed by atoms with van der Waals surface area (Å²) < 4.78 is 23.9. The highest BCUT2D eigenvalue weighted by atomic mass is 35.5. The van der Waals surface area contributed by atoms with Gasteiger partial charge in [-0.05, 0) is 54.8 Å². The van der Waals surface area contributed by atoms with Gasteiger partial charge in [-0.25, -0.2) is 8.42 Å². The van der Waals surface area contributed by atoms with E-state index in [0.29, 0.717) is 39.6 Å². The van der Waals surface area contributed by atoms with E-state index in [1.165, 1.54) is 6.07 Å². The van der Waals surface area contributed by atoms with E-state index in [1.54, 1.807) is 36.4 Å². The second-order valence-electron chi connectivity index (χ2n) is 5.21. The normalized spacial score (nSPS) is 15.9. The lowest BCUT2D eigenvalue weighted by molar-refractivity contribution is 0.102. The summed E-state index contributed by atoms with van der Waals surface area (Å²) in [7, 11) is -3.20. The zero-order valence-electron chi connectivity index (χ0n) is 11.7. The Morgan fingerprint density at radius 1 is 1.14 bits per heavy atom. The molecule has 0 spiro atoms. The maximum absolute atomic E-state index is 12.3. The van der Waals surface area contributed by atoms with Crippen LogP contribution in [0.3, 0.4) is 0 Å². The van der Waals surface area contributed by atoms with Crippen molar-refractivity contribution in [3.63, 3.8) is 0 Å². The number of benzene rings is 2. The van der Waals surface area contributed by atoms with Crippen LogP contribution in [0.4, 0.5) is 5.69 Å². The number of carbonyl (C=O) groups excluding carboxylic acids is 1. The molecule has 1 heterocycles. The zero-order valence-corrected chi connectivity index (χ0v) is 13.2. The van der Waals surface area contributed by atoms with Crippen molar-refractivity contribution in [2.75, 3.05) is 11.1 Å². The van der Waals surface area contributed by atoms with E-state index in [0.717, 1.165) is 0 Å². The lowest BCUT2D eigenvalue weighted by Crippen LogP contribution is -2.18. The highest BCUT2D eigenvalue weighted by molar-refractivity contribution is 7.91. The number of hydrogen-bond donors (Lipinski definition) is 1. The van der Waals surface area contributed by atoms with Crippen LogP contribution in [-0.2, 0) is 16.3 Å². The largest absolute Gasteiger partial charge is 0.322 e. The van der Waals surface area contributed by atoms with E-state index in [4.69, 9.17) is 11.6 Å². The minimum Gasteiger partial charge on any atom is -0.322 e. The van der Waals surface area contributed by atoms with Gasteiger partial charge >= 0.3 is 0 Å². The third-order valence-corrected chi connectivity index (χ3v) is 5.73. The van der Waals surface area contributed by atoms with Crippen LogP contribution in [0.15, 0.2) is 47.4 Å². The van der Waals surface area contributed by atoms with Gasteiger partial charge in [0.05, 0.1) is 10.6 Å². The molecule has 0 aliphatic carbocycles. The van der Waals surface area contributed by atoms with Crippen molar-refractivity contribution in [2.24, 2.45) is 0 Å². The van der Waals surface area contributed by atoms with Crippen molar-refractivity contribution in [1.82, 2.24) is 0 Å². The van der Waals surface area contributed by atoms with E-state index < -0.39 is 9.84 Å². The van der Waals surface area contributed by atoms with Crippen LogP contribution in [0.1, 0.15) is 22.3 Å². The highest BCUT2D eigenvalue weighted by Gasteiger charge is 2.24. The fourth-order valence-corrected chi connectivity index (χ4v) is 4.32. The van der Waals surface area contributed by atoms with Crippen LogP contribution in [0.25, 0.3) is 0 Å². The molecule has 2 aromatic rings. The highest BCUT2D eigenvalue weighted by Crippen LogP contribution is 2.26. The minimum absolute atomic E-state index is 0.175. The van der Waals surface area contributed by atoms with Gasteiger partial charge in [-0.1, -0.05) is 17.7 Å². The van der Waals surface area contributed by atoms with Gasteiger partial charge in [0.2, 0.25) is 0 Å². The van der Waals surface area contributed by atoms with E-state index in [1.807, 2.05) is 0 Å². The Morgan fingerprint density at radius 2 is 1.95 bits per heavy atom. The third kappa shape index (κ3) is 3.00. The molecule has 4 nitrogen and oxygen atoms in total. The van der Waals surface area contributed by atoms with Gasteiger partial charge in [-0.15, -0.1) is 0 Å². The predicted molar refractivity (Wildman–Crippen MR) is 86.2 cm³/mol. The van der Waals surface area contributed by atoms with Crippen molar-refractivity contribution in [3.05, 3.63) is 58.6 Å². The molecular formula is C16H14ClNO3S. The molecule has 1 N–H and O–H groups in total. The fourth-order valence-electron chi connectivity index (χ4n) is 2.55. The molecule has 0 radical (unpaired) electrons. The van der Waals surface area contributed by atoms with Crippen molar-refractivity contribution in [2.45, 2.75) is 17.7 Å². The zero-order chi connectivity index (χ0) is 15.7. The smallest absolute Gasteiger partial charge is 0.255 e. The molecule has 1 aliphatic heterocycles. The van der Waals surface area contributed by atoms with Crippen LogP contribution in [0.5, 0.6) is 0 Å². The van der Waals surface area contributed by atoms with Gasteiger partial charge in [0.1, 0.15) is 0 Å². The number of hydrogen-bond acceptors (Lipinski definition) is 3. The van der Waals surface area contributed by atoms with E-state index >= 15 is 0 Å². The number of anilines is 1. The molecule has 3 rings (SSSR count). The second kappa shape index (κ2) is 5.74. The van der Waals surface area contributed by atoms with Gasteiger partial charge in [0, 0.05) is 16.3 Å². The summed E-state index contributed by atoms with van der Waals surface area (Å²) in [6, 6.07) is 11.6. The van der Waals surface area contributed by atoms with Crippen molar-refractivity contribution < 1.29 is 13.2 Å². The molecule has 0 aromatic heterocycles. The van der Waals surface area contributed by atoms with Crippen LogP contribution in [0, 0.1) is 0 Å². The first-order valence-electron chi connectivity index (χ1n) is 6.88. The minimum atomic E-state index is -3.20. The molecule has 0 saturated heterocycles. The number of sulfone groups is 1. The Hall–Kier alpha value is -1.85. The number of rotatable bonds is 2. The van der Waals surface area contributed by atoms with Gasteiger partial charge in [-0.3, -0.25) is 4.79 Å². The van der Waals surface area contributed by atoms with Crippen LogP contribution < -0.4 is 5.32 Å². The lowest BCUT2D eigenvalue weighted by atomic mass is 10.1. The summed E-state index contributed by atoms with van der Waals surface area (Å²) in [4.78, 5) is 12.6. The summed E-state index contributed by atoms with van der Waals surface area (Å²) in [5.74, 6) is -0.110. The Balaban J connectivity index is 1.88. The Morgan fingerprint density at radius 3 is 2.73 bits per heavy atom. The first kappa shape index (κ1) is 15.1. The molecule has 0 fully saturated rings. The van der Waals surface area contributed by atoms with Gasteiger partial charge < -0.3 is 5.32 Å². The molecule has 0 saturated carbocycles. The number of carbonyl (C=O) groups is 1. The average Bonchev–Trinajstić information content (AvgIpc) is 2.46. The number of halogens is 1. The topological polar surface area (TPSA) is 63.2 Å². The maximum atomic E-state index is 12.3. The molecule has 6 heteroatoms. The first-order chi connectivity index (χ1) is 10.5. The molecule has 0 atom stereocenters.